The molecule has 2 aromatic rings. The molecule has 1 aliphatic rings. The van der Waals surface area contributed by atoms with Gasteiger partial charge in [-0.05, 0) is 30.2 Å². The molecule has 2 aromatic carbocycles. The second kappa shape index (κ2) is 4.73. The van der Waals surface area contributed by atoms with E-state index in [1.165, 1.54) is 16.8 Å². The Balaban J connectivity index is 1.72. The van der Waals surface area contributed by atoms with Crippen molar-refractivity contribution in [2.24, 2.45) is 0 Å². The number of hydrogen-bond acceptors (Lipinski definition) is 2. The molecule has 0 radical (unpaired) electrons. The third-order valence-corrected chi connectivity index (χ3v) is 3.46. The predicted molar refractivity (Wildman–Crippen MR) is 74.3 cm³/mol. The molecule has 2 heteroatoms. The minimum absolute atomic E-state index is 0.445. The van der Waals surface area contributed by atoms with Crippen LogP contribution < -0.4 is 10.1 Å². The molecule has 1 aliphatic heterocycles. The number of hydrogen-bond donors (Lipinski definition) is 1. The molecule has 3 rings (SSSR count). The smallest absolute Gasteiger partial charge is 0.119 e. The molecule has 0 bridgehead atoms. The Morgan fingerprint density at radius 1 is 1.11 bits per heavy atom. The molecule has 0 amide bonds. The van der Waals surface area contributed by atoms with Crippen LogP contribution in [0, 0.1) is 6.92 Å². The predicted octanol–water partition coefficient (Wildman–Crippen LogP) is 3.58. The highest BCUT2D eigenvalue weighted by Gasteiger charge is 2.23. The van der Waals surface area contributed by atoms with Gasteiger partial charge in [0.2, 0.25) is 0 Å². The van der Waals surface area contributed by atoms with Gasteiger partial charge in [0.25, 0.3) is 0 Å². The standard InChI is InChI=1S/C16H17NO/c1-12-6-5-9-15-13(10-17-16(12)15)11-18-14-7-3-2-4-8-14/h2-9,13,17H,10-11H2,1H3. The third-order valence-electron chi connectivity index (χ3n) is 3.46. The van der Waals surface area contributed by atoms with Crippen LogP contribution in [0.2, 0.25) is 0 Å². The van der Waals surface area contributed by atoms with Crippen LogP contribution in [0.1, 0.15) is 17.0 Å². The van der Waals surface area contributed by atoms with Crippen molar-refractivity contribution in [3.8, 4) is 5.75 Å². The number of anilines is 1. The van der Waals surface area contributed by atoms with Crippen LogP contribution in [-0.2, 0) is 0 Å². The molecule has 0 aromatic heterocycles. The van der Waals surface area contributed by atoms with E-state index in [-0.39, 0.29) is 0 Å². The monoisotopic (exact) mass is 239 g/mol. The Bertz CT molecular complexity index is 536. The van der Waals surface area contributed by atoms with Crippen molar-refractivity contribution < 1.29 is 4.74 Å². The summed E-state index contributed by atoms with van der Waals surface area (Å²) >= 11 is 0. The van der Waals surface area contributed by atoms with Crippen LogP contribution in [0.25, 0.3) is 0 Å². The third kappa shape index (κ3) is 2.06. The van der Waals surface area contributed by atoms with Crippen LogP contribution in [0.4, 0.5) is 5.69 Å². The van der Waals surface area contributed by atoms with Crippen LogP contribution >= 0.6 is 0 Å². The number of nitrogens with one attached hydrogen (secondary N) is 1. The van der Waals surface area contributed by atoms with Crippen molar-refractivity contribution in [1.29, 1.82) is 0 Å². The van der Waals surface area contributed by atoms with Gasteiger partial charge in [0, 0.05) is 18.2 Å². The zero-order valence-electron chi connectivity index (χ0n) is 10.5. The SMILES string of the molecule is Cc1cccc2c1NCC2COc1ccccc1. The number of ether oxygens (including phenoxy) is 1. The van der Waals surface area contributed by atoms with Crippen molar-refractivity contribution in [3.05, 3.63) is 59.7 Å². The van der Waals surface area contributed by atoms with Crippen molar-refractivity contribution in [2.75, 3.05) is 18.5 Å². The zero-order chi connectivity index (χ0) is 12.4. The Morgan fingerprint density at radius 2 is 1.94 bits per heavy atom. The molecule has 1 N–H and O–H groups in total. The van der Waals surface area contributed by atoms with E-state index < -0.39 is 0 Å². The molecule has 1 atom stereocenters. The van der Waals surface area contributed by atoms with Gasteiger partial charge in [0.05, 0.1) is 6.61 Å². The lowest BCUT2D eigenvalue weighted by Crippen LogP contribution is -2.12. The summed E-state index contributed by atoms with van der Waals surface area (Å²) in [7, 11) is 0. The molecule has 1 unspecified atom stereocenters. The van der Waals surface area contributed by atoms with Crippen molar-refractivity contribution in [2.45, 2.75) is 12.8 Å². The Morgan fingerprint density at radius 3 is 2.78 bits per heavy atom. The maximum absolute atomic E-state index is 5.85. The molecular formula is C16H17NO. The summed E-state index contributed by atoms with van der Waals surface area (Å²) in [6.45, 7) is 3.84. The van der Waals surface area contributed by atoms with Crippen molar-refractivity contribution >= 4 is 5.69 Å². The van der Waals surface area contributed by atoms with Crippen LogP contribution in [0.3, 0.4) is 0 Å². The topological polar surface area (TPSA) is 21.3 Å². The van der Waals surface area contributed by atoms with Gasteiger partial charge in [-0.15, -0.1) is 0 Å². The molecule has 0 saturated heterocycles. The van der Waals surface area contributed by atoms with E-state index in [1.807, 2.05) is 30.3 Å². The number of rotatable bonds is 3. The molecular weight excluding hydrogens is 222 g/mol. The molecule has 18 heavy (non-hydrogen) atoms. The first-order valence-electron chi connectivity index (χ1n) is 6.36. The maximum atomic E-state index is 5.85. The van der Waals surface area contributed by atoms with E-state index in [2.05, 4.69) is 30.4 Å². The van der Waals surface area contributed by atoms with Crippen LogP contribution in [0.15, 0.2) is 48.5 Å². The summed E-state index contributed by atoms with van der Waals surface area (Å²) in [4.78, 5) is 0. The zero-order valence-corrected chi connectivity index (χ0v) is 10.5. The fourth-order valence-electron chi connectivity index (χ4n) is 2.47. The lowest BCUT2D eigenvalue weighted by molar-refractivity contribution is 0.296. The Kier molecular flexibility index (Phi) is 2.93. The second-order valence-corrected chi connectivity index (χ2v) is 4.74. The number of aryl methyl sites for hydroxylation is 1. The van der Waals surface area contributed by atoms with Gasteiger partial charge < -0.3 is 10.1 Å². The average Bonchev–Trinajstić information content (AvgIpc) is 2.82. The molecule has 2 nitrogen and oxygen atoms in total. The van der Waals surface area contributed by atoms with Gasteiger partial charge in [-0.1, -0.05) is 36.4 Å². The summed E-state index contributed by atoms with van der Waals surface area (Å²) in [6.07, 6.45) is 0. The summed E-state index contributed by atoms with van der Waals surface area (Å²) in [6, 6.07) is 16.5. The van der Waals surface area contributed by atoms with E-state index in [4.69, 9.17) is 4.74 Å². The first kappa shape index (κ1) is 11.1. The van der Waals surface area contributed by atoms with E-state index in [9.17, 15) is 0 Å². The lowest BCUT2D eigenvalue weighted by atomic mass is 10.0. The number of fused-ring (bicyclic) bond motifs is 1. The number of benzene rings is 2. The summed E-state index contributed by atoms with van der Waals surface area (Å²) < 4.78 is 5.85. The fraction of sp³-hybridized carbons (Fsp3) is 0.250. The van der Waals surface area contributed by atoms with Gasteiger partial charge in [0.15, 0.2) is 0 Å². The second-order valence-electron chi connectivity index (χ2n) is 4.74. The minimum atomic E-state index is 0.445. The summed E-state index contributed by atoms with van der Waals surface area (Å²) in [5, 5.41) is 3.47. The van der Waals surface area contributed by atoms with Crippen molar-refractivity contribution in [3.63, 3.8) is 0 Å². The average molecular weight is 239 g/mol. The molecule has 92 valence electrons. The molecule has 0 aliphatic carbocycles. The minimum Gasteiger partial charge on any atom is -0.493 e. The van der Waals surface area contributed by atoms with Gasteiger partial charge in [-0.2, -0.15) is 0 Å². The number of para-hydroxylation sites is 2. The fourth-order valence-corrected chi connectivity index (χ4v) is 2.47. The summed E-state index contributed by atoms with van der Waals surface area (Å²) in [5.41, 5.74) is 3.99. The van der Waals surface area contributed by atoms with Crippen molar-refractivity contribution in [1.82, 2.24) is 0 Å². The van der Waals surface area contributed by atoms with Gasteiger partial charge >= 0.3 is 0 Å². The quantitative estimate of drug-likeness (QED) is 0.884. The van der Waals surface area contributed by atoms with E-state index in [0.717, 1.165) is 18.9 Å². The van der Waals surface area contributed by atoms with Gasteiger partial charge in [-0.3, -0.25) is 0 Å². The highest BCUT2D eigenvalue weighted by atomic mass is 16.5. The maximum Gasteiger partial charge on any atom is 0.119 e. The van der Waals surface area contributed by atoms with Gasteiger partial charge in [0.1, 0.15) is 5.75 Å². The van der Waals surface area contributed by atoms with E-state index in [0.29, 0.717) is 5.92 Å². The van der Waals surface area contributed by atoms with Gasteiger partial charge in [-0.25, -0.2) is 0 Å². The first-order chi connectivity index (χ1) is 8.84. The normalized spacial score (nSPS) is 17.1. The Labute approximate surface area is 108 Å². The molecule has 0 spiro atoms. The highest BCUT2D eigenvalue weighted by Crippen LogP contribution is 2.34. The summed E-state index contributed by atoms with van der Waals surface area (Å²) in [5.74, 6) is 1.39. The highest BCUT2D eigenvalue weighted by molar-refractivity contribution is 5.62. The van der Waals surface area contributed by atoms with Crippen LogP contribution in [0.5, 0.6) is 5.75 Å². The first-order valence-corrected chi connectivity index (χ1v) is 6.36. The Hall–Kier alpha value is -1.96. The largest absolute Gasteiger partial charge is 0.493 e. The van der Waals surface area contributed by atoms with Crippen LogP contribution in [-0.4, -0.2) is 13.2 Å². The molecule has 1 heterocycles. The molecule has 0 fully saturated rings. The lowest BCUT2D eigenvalue weighted by Gasteiger charge is -2.12. The van der Waals surface area contributed by atoms with E-state index in [1.54, 1.807) is 0 Å². The molecule has 0 saturated carbocycles. The van der Waals surface area contributed by atoms with E-state index >= 15 is 0 Å².